The van der Waals surface area contributed by atoms with Crippen LogP contribution in [0.2, 0.25) is 0 Å². The second kappa shape index (κ2) is 11.2. The molecule has 1 unspecified atom stereocenters. The van der Waals surface area contributed by atoms with Crippen molar-refractivity contribution in [1.29, 1.82) is 0 Å². The average Bonchev–Trinajstić information content (AvgIpc) is 2.51. The van der Waals surface area contributed by atoms with Crippen molar-refractivity contribution in [3.8, 4) is 0 Å². The van der Waals surface area contributed by atoms with Crippen LogP contribution in [0.5, 0.6) is 0 Å². The monoisotopic (exact) mass is 304 g/mol. The normalized spacial score (nSPS) is 20.2. The van der Waals surface area contributed by atoms with Crippen LogP contribution < -0.4 is 0 Å². The second-order valence-electron chi connectivity index (χ2n) is 6.65. The van der Waals surface area contributed by atoms with Crippen LogP contribution in [-0.2, 0) is 6.42 Å². The van der Waals surface area contributed by atoms with Gasteiger partial charge in [0.05, 0.1) is 0 Å². The first-order valence-electron chi connectivity index (χ1n) is 9.22. The van der Waals surface area contributed by atoms with Crippen LogP contribution in [0.4, 0.5) is 0 Å². The predicted molar refractivity (Wildman–Crippen MR) is 97.9 cm³/mol. The first-order valence-corrected chi connectivity index (χ1v) is 10.5. The lowest BCUT2D eigenvalue weighted by molar-refractivity contribution is 0.508. The Bertz CT molecular complexity index is 334. The Hall–Kier alpha value is -0.350. The molecule has 0 N–H and O–H groups in total. The molecule has 118 valence electrons. The number of rotatable bonds is 4. The van der Waals surface area contributed by atoms with E-state index in [-0.39, 0.29) is 0 Å². The van der Waals surface area contributed by atoms with Gasteiger partial charge in [0.25, 0.3) is 0 Å². The van der Waals surface area contributed by atoms with Gasteiger partial charge in [0.15, 0.2) is 0 Å². The standard InChI is InChI=1S/C20H33P/c1-2-4-6-11-15-20(16-12-7-5-3-1)21-18-17-19-13-9-8-10-14-19/h8-10,13-14,20-21H,1-7,11-12,15-18H2. The van der Waals surface area contributed by atoms with Crippen molar-refractivity contribution in [2.75, 3.05) is 6.16 Å². The summed E-state index contributed by atoms with van der Waals surface area (Å²) in [6.07, 6.45) is 19.1. The average molecular weight is 304 g/mol. The largest absolute Gasteiger partial charge is 0.119 e. The third-order valence-electron chi connectivity index (χ3n) is 4.79. The van der Waals surface area contributed by atoms with Gasteiger partial charge in [0, 0.05) is 0 Å². The summed E-state index contributed by atoms with van der Waals surface area (Å²) >= 11 is 0. The van der Waals surface area contributed by atoms with Crippen molar-refractivity contribution in [1.82, 2.24) is 0 Å². The van der Waals surface area contributed by atoms with E-state index in [2.05, 4.69) is 30.3 Å². The summed E-state index contributed by atoms with van der Waals surface area (Å²) in [4.78, 5) is 0. The van der Waals surface area contributed by atoms with Gasteiger partial charge in [-0.1, -0.05) is 88.1 Å². The zero-order valence-corrected chi connectivity index (χ0v) is 14.7. The first kappa shape index (κ1) is 17.0. The Morgan fingerprint density at radius 2 is 1.24 bits per heavy atom. The number of hydrogen-bond acceptors (Lipinski definition) is 0. The van der Waals surface area contributed by atoms with E-state index in [0.717, 1.165) is 5.66 Å². The molecule has 0 amide bonds. The van der Waals surface area contributed by atoms with Gasteiger partial charge in [-0.25, -0.2) is 0 Å². The smallest absolute Gasteiger partial charge is 0.0237 e. The van der Waals surface area contributed by atoms with Crippen molar-refractivity contribution in [3.05, 3.63) is 35.9 Å². The lowest BCUT2D eigenvalue weighted by Gasteiger charge is -2.18. The molecule has 0 heterocycles. The summed E-state index contributed by atoms with van der Waals surface area (Å²) in [5.74, 6) is 0. The summed E-state index contributed by atoms with van der Waals surface area (Å²) in [5, 5.41) is 0. The van der Waals surface area contributed by atoms with Crippen LogP contribution in [0.1, 0.15) is 76.2 Å². The summed E-state index contributed by atoms with van der Waals surface area (Å²) in [6.45, 7) is 0. The zero-order valence-electron chi connectivity index (χ0n) is 13.7. The van der Waals surface area contributed by atoms with E-state index in [1.54, 1.807) is 0 Å². The van der Waals surface area contributed by atoms with E-state index in [0.29, 0.717) is 0 Å². The molecule has 1 atom stereocenters. The molecule has 0 bridgehead atoms. The summed E-state index contributed by atoms with van der Waals surface area (Å²) < 4.78 is 0. The maximum atomic E-state index is 2.28. The maximum absolute atomic E-state index is 2.28. The quantitative estimate of drug-likeness (QED) is 0.551. The highest BCUT2D eigenvalue weighted by molar-refractivity contribution is 7.38. The van der Waals surface area contributed by atoms with Gasteiger partial charge >= 0.3 is 0 Å². The first-order chi connectivity index (χ1) is 10.4. The molecule has 0 radical (unpaired) electrons. The van der Waals surface area contributed by atoms with Crippen LogP contribution in [-0.4, -0.2) is 11.8 Å². The third kappa shape index (κ3) is 8.01. The molecule has 0 aliphatic heterocycles. The Morgan fingerprint density at radius 1 is 0.714 bits per heavy atom. The maximum Gasteiger partial charge on any atom is -0.0237 e. The van der Waals surface area contributed by atoms with Gasteiger partial charge in [0.1, 0.15) is 0 Å². The van der Waals surface area contributed by atoms with Gasteiger partial charge in [-0.2, -0.15) is 0 Å². The molecule has 1 aliphatic rings. The van der Waals surface area contributed by atoms with Crippen LogP contribution in [0, 0.1) is 0 Å². The summed E-state index contributed by atoms with van der Waals surface area (Å²) in [7, 11) is 1.19. The number of hydrogen-bond donors (Lipinski definition) is 0. The van der Waals surface area contributed by atoms with Gasteiger partial charge in [0.2, 0.25) is 0 Å². The molecular weight excluding hydrogens is 271 g/mol. The molecule has 0 saturated heterocycles. The molecule has 0 nitrogen and oxygen atoms in total. The predicted octanol–water partition coefficient (Wildman–Crippen LogP) is 6.58. The Labute approximate surface area is 133 Å². The van der Waals surface area contributed by atoms with Crippen molar-refractivity contribution in [2.45, 2.75) is 82.7 Å². The van der Waals surface area contributed by atoms with E-state index in [1.165, 1.54) is 97.4 Å². The number of aryl methyl sites for hydroxylation is 1. The van der Waals surface area contributed by atoms with E-state index in [9.17, 15) is 0 Å². The highest BCUT2D eigenvalue weighted by Gasteiger charge is 2.09. The van der Waals surface area contributed by atoms with Crippen molar-refractivity contribution in [2.24, 2.45) is 0 Å². The second-order valence-corrected chi connectivity index (χ2v) is 8.37. The number of benzene rings is 1. The van der Waals surface area contributed by atoms with Crippen LogP contribution in [0.3, 0.4) is 0 Å². The van der Waals surface area contributed by atoms with Crippen molar-refractivity contribution in [3.63, 3.8) is 0 Å². The molecule has 1 aromatic carbocycles. The molecule has 0 spiro atoms. The molecule has 2 rings (SSSR count). The zero-order chi connectivity index (χ0) is 14.6. The summed E-state index contributed by atoms with van der Waals surface area (Å²) in [6, 6.07) is 11.0. The van der Waals surface area contributed by atoms with Crippen LogP contribution >= 0.6 is 8.58 Å². The molecule has 1 fully saturated rings. The lowest BCUT2D eigenvalue weighted by Crippen LogP contribution is -2.04. The molecule has 0 aromatic heterocycles. The van der Waals surface area contributed by atoms with Gasteiger partial charge in [-0.3, -0.25) is 0 Å². The molecule has 1 aromatic rings. The topological polar surface area (TPSA) is 0 Å². The Morgan fingerprint density at radius 3 is 1.81 bits per heavy atom. The van der Waals surface area contributed by atoms with Crippen LogP contribution in [0.15, 0.2) is 30.3 Å². The van der Waals surface area contributed by atoms with E-state index in [1.807, 2.05) is 0 Å². The minimum absolute atomic E-state index is 1.04. The minimum Gasteiger partial charge on any atom is -0.119 e. The molecular formula is C20H33P. The van der Waals surface area contributed by atoms with E-state index < -0.39 is 0 Å². The highest BCUT2D eigenvalue weighted by Crippen LogP contribution is 2.30. The van der Waals surface area contributed by atoms with Gasteiger partial charge in [-0.05, 0) is 36.6 Å². The lowest BCUT2D eigenvalue weighted by atomic mass is 10.0. The third-order valence-corrected chi connectivity index (χ3v) is 6.49. The Kier molecular flexibility index (Phi) is 9.11. The van der Waals surface area contributed by atoms with E-state index >= 15 is 0 Å². The summed E-state index contributed by atoms with van der Waals surface area (Å²) in [5.41, 5.74) is 2.56. The van der Waals surface area contributed by atoms with E-state index in [4.69, 9.17) is 0 Å². The van der Waals surface area contributed by atoms with Gasteiger partial charge < -0.3 is 0 Å². The van der Waals surface area contributed by atoms with Crippen LogP contribution in [0.25, 0.3) is 0 Å². The SMILES string of the molecule is c1ccc(CCPC2CCCCCCCCCCC2)cc1. The fourth-order valence-corrected chi connectivity index (χ4v) is 5.09. The fourth-order valence-electron chi connectivity index (χ4n) is 3.43. The minimum atomic E-state index is 1.04. The molecule has 1 saturated carbocycles. The molecule has 21 heavy (non-hydrogen) atoms. The highest BCUT2D eigenvalue weighted by atomic mass is 31.1. The Balaban J connectivity index is 1.67. The van der Waals surface area contributed by atoms with Crippen molar-refractivity contribution >= 4 is 8.58 Å². The molecule has 1 heteroatoms. The van der Waals surface area contributed by atoms with Gasteiger partial charge in [-0.15, -0.1) is 8.58 Å². The fraction of sp³-hybridized carbons (Fsp3) is 0.700. The van der Waals surface area contributed by atoms with Crippen molar-refractivity contribution < 1.29 is 0 Å². The molecule has 1 aliphatic carbocycles.